The highest BCUT2D eigenvalue weighted by Gasteiger charge is 2.19. The van der Waals surface area contributed by atoms with Crippen molar-refractivity contribution in [2.24, 2.45) is 0 Å². The summed E-state index contributed by atoms with van der Waals surface area (Å²) in [6.45, 7) is 3.02. The fraction of sp³-hybridized carbons (Fsp3) is 0.462. The molecule has 0 bridgehead atoms. The van der Waals surface area contributed by atoms with Crippen LogP contribution in [0.1, 0.15) is 12.0 Å². The van der Waals surface area contributed by atoms with Crippen LogP contribution in [0.4, 0.5) is 0 Å². The van der Waals surface area contributed by atoms with Gasteiger partial charge in [-0.1, -0.05) is 30.3 Å². The third-order valence-corrected chi connectivity index (χ3v) is 3.39. The second kappa shape index (κ2) is 6.03. The fourth-order valence-corrected chi connectivity index (χ4v) is 2.14. The minimum atomic E-state index is 0.235. The molecular weight excluding hydrogens is 236 g/mol. The first-order valence-electron chi connectivity index (χ1n) is 5.98. The summed E-state index contributed by atoms with van der Waals surface area (Å²) < 4.78 is 1.74. The van der Waals surface area contributed by atoms with Gasteiger partial charge in [-0.25, -0.2) is 4.42 Å². The van der Waals surface area contributed by atoms with Crippen molar-refractivity contribution >= 4 is 17.7 Å². The largest absolute Gasteiger partial charge is 0.340 e. The molecule has 0 spiro atoms. The van der Waals surface area contributed by atoms with Crippen molar-refractivity contribution in [2.45, 2.75) is 12.8 Å². The van der Waals surface area contributed by atoms with Gasteiger partial charge in [0.2, 0.25) is 5.91 Å². The number of rotatable bonds is 3. The van der Waals surface area contributed by atoms with Crippen LogP contribution < -0.4 is 0 Å². The van der Waals surface area contributed by atoms with E-state index in [1.165, 1.54) is 5.56 Å². The van der Waals surface area contributed by atoms with E-state index in [9.17, 15) is 4.79 Å². The fourth-order valence-electron chi connectivity index (χ4n) is 1.99. The summed E-state index contributed by atoms with van der Waals surface area (Å²) in [6.07, 6.45) is 1.41. The third kappa shape index (κ3) is 3.72. The maximum atomic E-state index is 11.9. The molecule has 92 valence electrons. The van der Waals surface area contributed by atoms with Gasteiger partial charge in [-0.05, 0) is 23.8 Å². The summed E-state index contributed by atoms with van der Waals surface area (Å²) in [6, 6.07) is 10.1. The topological polar surface area (TPSA) is 23.6 Å². The molecule has 0 aromatic heterocycles. The Morgan fingerprint density at radius 2 is 1.76 bits per heavy atom. The van der Waals surface area contributed by atoms with Crippen LogP contribution in [0.5, 0.6) is 0 Å². The Morgan fingerprint density at radius 1 is 1.12 bits per heavy atom. The van der Waals surface area contributed by atoms with Gasteiger partial charge in [0.05, 0.1) is 0 Å². The number of carbonyl (C=O) groups excluding carboxylic acids is 1. The smallest absolute Gasteiger partial charge is 0.222 e. The number of hydrogen-bond acceptors (Lipinski definition) is 2. The summed E-state index contributed by atoms with van der Waals surface area (Å²) in [5.41, 5.74) is 1.22. The van der Waals surface area contributed by atoms with Gasteiger partial charge in [0, 0.05) is 32.6 Å². The van der Waals surface area contributed by atoms with E-state index in [0.29, 0.717) is 6.42 Å². The summed E-state index contributed by atoms with van der Waals surface area (Å²) in [5, 5.41) is 0. The first kappa shape index (κ1) is 12.4. The van der Waals surface area contributed by atoms with E-state index in [0.717, 1.165) is 32.6 Å². The molecule has 0 atom stereocenters. The highest BCUT2D eigenvalue weighted by Crippen LogP contribution is 2.08. The van der Waals surface area contributed by atoms with Crippen molar-refractivity contribution in [3.63, 3.8) is 0 Å². The van der Waals surface area contributed by atoms with E-state index in [1.807, 2.05) is 23.1 Å². The van der Waals surface area contributed by atoms with Gasteiger partial charge in [0.1, 0.15) is 0 Å². The van der Waals surface area contributed by atoms with Crippen LogP contribution >= 0.6 is 11.8 Å². The lowest BCUT2D eigenvalue weighted by Gasteiger charge is -2.30. The van der Waals surface area contributed by atoms with Crippen LogP contribution in [0.15, 0.2) is 30.3 Å². The number of carbonyl (C=O) groups is 1. The maximum Gasteiger partial charge on any atom is 0.222 e. The molecule has 1 aromatic carbocycles. The molecule has 0 aliphatic carbocycles. The van der Waals surface area contributed by atoms with Gasteiger partial charge >= 0.3 is 0 Å². The normalized spacial score (nSPS) is 17.1. The van der Waals surface area contributed by atoms with Crippen molar-refractivity contribution in [3.8, 4) is 0 Å². The van der Waals surface area contributed by atoms with Crippen LogP contribution in [-0.2, 0) is 11.2 Å². The summed E-state index contributed by atoms with van der Waals surface area (Å²) in [4.78, 5) is 13.8. The lowest BCUT2D eigenvalue weighted by Crippen LogP contribution is -2.45. The number of piperazine rings is 1. The first-order valence-corrected chi connectivity index (χ1v) is 6.32. The van der Waals surface area contributed by atoms with E-state index in [1.54, 1.807) is 4.42 Å². The number of halogens is 1. The van der Waals surface area contributed by atoms with Gasteiger partial charge < -0.3 is 4.90 Å². The van der Waals surface area contributed by atoms with Crippen LogP contribution in [0.3, 0.4) is 0 Å². The molecule has 1 amide bonds. The Bertz CT molecular complexity index is 361. The monoisotopic (exact) mass is 252 g/mol. The standard InChI is InChI=1S/C13H17ClN2O/c14-16-10-8-15(9-11-16)13(17)7-6-12-4-2-1-3-5-12/h1-5H,6-11H2. The molecule has 1 fully saturated rings. The highest BCUT2D eigenvalue weighted by molar-refractivity contribution is 6.13. The third-order valence-electron chi connectivity index (χ3n) is 3.05. The minimum Gasteiger partial charge on any atom is -0.340 e. The Labute approximate surface area is 107 Å². The van der Waals surface area contributed by atoms with Crippen LogP contribution in [0.2, 0.25) is 0 Å². The molecule has 1 aliphatic rings. The lowest BCUT2D eigenvalue weighted by molar-refractivity contribution is -0.132. The molecule has 1 aromatic rings. The second-order valence-electron chi connectivity index (χ2n) is 4.28. The molecule has 1 aliphatic heterocycles. The average Bonchev–Trinajstić information content (AvgIpc) is 2.38. The van der Waals surface area contributed by atoms with Crippen molar-refractivity contribution in [2.75, 3.05) is 26.2 Å². The zero-order chi connectivity index (χ0) is 12.1. The predicted octanol–water partition coefficient (Wildman–Crippen LogP) is 1.92. The van der Waals surface area contributed by atoms with Crippen molar-refractivity contribution < 1.29 is 4.79 Å². The molecular formula is C13H17ClN2O. The molecule has 2 rings (SSSR count). The van der Waals surface area contributed by atoms with Crippen LogP contribution in [0, 0.1) is 0 Å². The average molecular weight is 253 g/mol. The Hall–Kier alpha value is -1.06. The van der Waals surface area contributed by atoms with Gasteiger partial charge in [0.15, 0.2) is 0 Å². The van der Waals surface area contributed by atoms with Gasteiger partial charge in [0.25, 0.3) is 0 Å². The lowest BCUT2D eigenvalue weighted by atomic mass is 10.1. The molecule has 0 saturated carbocycles. The Morgan fingerprint density at radius 3 is 2.41 bits per heavy atom. The number of aryl methyl sites for hydroxylation is 1. The molecule has 3 nitrogen and oxygen atoms in total. The van der Waals surface area contributed by atoms with Crippen molar-refractivity contribution in [1.29, 1.82) is 0 Å². The van der Waals surface area contributed by atoms with E-state index in [4.69, 9.17) is 11.8 Å². The van der Waals surface area contributed by atoms with E-state index < -0.39 is 0 Å². The second-order valence-corrected chi connectivity index (χ2v) is 4.75. The minimum absolute atomic E-state index is 0.235. The van der Waals surface area contributed by atoms with Crippen molar-refractivity contribution in [3.05, 3.63) is 35.9 Å². The molecule has 0 N–H and O–H groups in total. The number of nitrogens with zero attached hydrogens (tertiary/aromatic N) is 2. The number of hydrogen-bond donors (Lipinski definition) is 0. The SMILES string of the molecule is O=C(CCc1ccccc1)N1CCN(Cl)CC1. The number of amides is 1. The predicted molar refractivity (Wildman–Crippen MR) is 68.8 cm³/mol. The molecule has 0 unspecified atom stereocenters. The zero-order valence-electron chi connectivity index (χ0n) is 9.81. The van der Waals surface area contributed by atoms with Gasteiger partial charge in [-0.2, -0.15) is 0 Å². The highest BCUT2D eigenvalue weighted by atomic mass is 35.5. The van der Waals surface area contributed by atoms with Crippen LogP contribution in [-0.4, -0.2) is 41.4 Å². The zero-order valence-corrected chi connectivity index (χ0v) is 10.6. The number of benzene rings is 1. The Kier molecular flexibility index (Phi) is 4.40. The maximum absolute atomic E-state index is 11.9. The first-order chi connectivity index (χ1) is 8.25. The van der Waals surface area contributed by atoms with E-state index in [-0.39, 0.29) is 5.91 Å². The molecule has 1 heterocycles. The van der Waals surface area contributed by atoms with Gasteiger partial charge in [-0.3, -0.25) is 4.79 Å². The molecule has 0 radical (unpaired) electrons. The molecule has 1 saturated heterocycles. The van der Waals surface area contributed by atoms with Crippen LogP contribution in [0.25, 0.3) is 0 Å². The van der Waals surface area contributed by atoms with Crippen molar-refractivity contribution in [1.82, 2.24) is 9.32 Å². The van der Waals surface area contributed by atoms with E-state index >= 15 is 0 Å². The molecule has 17 heavy (non-hydrogen) atoms. The summed E-state index contributed by atoms with van der Waals surface area (Å²) in [5.74, 6) is 0.235. The summed E-state index contributed by atoms with van der Waals surface area (Å²) >= 11 is 5.85. The van der Waals surface area contributed by atoms with Gasteiger partial charge in [-0.15, -0.1) is 0 Å². The Balaban J connectivity index is 1.78. The molecule has 4 heteroatoms. The summed E-state index contributed by atoms with van der Waals surface area (Å²) in [7, 11) is 0. The quantitative estimate of drug-likeness (QED) is 0.768. The van der Waals surface area contributed by atoms with E-state index in [2.05, 4.69) is 12.1 Å².